The summed E-state index contributed by atoms with van der Waals surface area (Å²) in [6.07, 6.45) is 2.41. The molecule has 0 saturated heterocycles. The van der Waals surface area contributed by atoms with Crippen LogP contribution >= 0.6 is 0 Å². The molecule has 4 rings (SSSR count). The molecule has 0 aromatic heterocycles. The topological polar surface area (TPSA) is 55.4 Å². The standard InChI is InChI=1S/C57H86F2O6Si2/c1-21-60-36-64-52-44(28-40(30-48(52)66(15,16)17)56(11,12)34-54(5,6)7)46-32-42(58)26-38(3)50(46)62-24-23-25-63-51-39(4)27-43(59)33-47(51)45-29-41(57(13,14)35-55(8,9)10)31-49(67(18,19)20)53(45)65-37-61-22-2/h26-33H,21-25,34-37H2,1-20H3. The molecule has 372 valence electrons. The van der Waals surface area contributed by atoms with Gasteiger partial charge in [0.2, 0.25) is 0 Å². The molecule has 0 aliphatic rings. The van der Waals surface area contributed by atoms with Gasteiger partial charge in [-0.2, -0.15) is 0 Å². The van der Waals surface area contributed by atoms with Gasteiger partial charge in [0.15, 0.2) is 13.6 Å². The van der Waals surface area contributed by atoms with Crippen LogP contribution in [0.15, 0.2) is 48.5 Å². The first-order valence-electron chi connectivity index (χ1n) is 24.5. The lowest BCUT2D eigenvalue weighted by molar-refractivity contribution is 0.0231. The van der Waals surface area contributed by atoms with E-state index >= 15 is 8.78 Å². The maximum Gasteiger partial charge on any atom is 0.189 e. The number of rotatable bonds is 22. The van der Waals surface area contributed by atoms with Crippen LogP contribution in [-0.2, 0) is 20.3 Å². The minimum absolute atomic E-state index is 0.0791. The van der Waals surface area contributed by atoms with Crippen molar-refractivity contribution >= 4 is 26.5 Å². The highest BCUT2D eigenvalue weighted by Gasteiger charge is 2.35. The van der Waals surface area contributed by atoms with Crippen LogP contribution in [0.2, 0.25) is 39.3 Å². The van der Waals surface area contributed by atoms with E-state index in [0.717, 1.165) is 34.3 Å². The largest absolute Gasteiger partial charge is 0.493 e. The van der Waals surface area contributed by atoms with Crippen LogP contribution in [0.3, 0.4) is 0 Å². The Bertz CT molecular complexity index is 2150. The first-order chi connectivity index (χ1) is 30.8. The first kappa shape index (κ1) is 55.9. The fraction of sp³-hybridized carbons (Fsp3) is 0.579. The summed E-state index contributed by atoms with van der Waals surface area (Å²) in [4.78, 5) is 0. The van der Waals surface area contributed by atoms with Crippen LogP contribution in [0.4, 0.5) is 8.78 Å². The molecule has 0 radical (unpaired) electrons. The Morgan fingerprint density at radius 3 is 1.07 bits per heavy atom. The van der Waals surface area contributed by atoms with Gasteiger partial charge in [-0.05, 0) is 131 Å². The number of halogens is 2. The second-order valence-corrected chi connectivity index (χ2v) is 34.4. The number of benzene rings is 4. The lowest BCUT2D eigenvalue weighted by Crippen LogP contribution is -2.40. The molecular weight excluding hydrogens is 875 g/mol. The Kier molecular flexibility index (Phi) is 18.3. The van der Waals surface area contributed by atoms with Crippen LogP contribution in [0.5, 0.6) is 23.0 Å². The molecule has 0 spiro atoms. The van der Waals surface area contributed by atoms with Gasteiger partial charge >= 0.3 is 0 Å². The quantitative estimate of drug-likeness (QED) is 0.0444. The molecule has 0 fully saturated rings. The summed E-state index contributed by atoms with van der Waals surface area (Å²) >= 11 is 0. The van der Waals surface area contributed by atoms with Gasteiger partial charge in [0.25, 0.3) is 0 Å². The molecule has 0 N–H and O–H groups in total. The first-order valence-corrected chi connectivity index (χ1v) is 31.5. The molecule has 4 aromatic carbocycles. The normalized spacial score (nSPS) is 13.0. The van der Waals surface area contributed by atoms with Crippen LogP contribution in [-0.4, -0.2) is 56.2 Å². The molecule has 0 aliphatic heterocycles. The predicted octanol–water partition coefficient (Wildman–Crippen LogP) is 15.0. The van der Waals surface area contributed by atoms with Crippen LogP contribution in [0.25, 0.3) is 22.3 Å². The summed E-state index contributed by atoms with van der Waals surface area (Å²) in [6, 6.07) is 15.2. The second kappa shape index (κ2) is 21.9. The zero-order chi connectivity index (χ0) is 50.5. The van der Waals surface area contributed by atoms with Crippen molar-refractivity contribution in [3.8, 4) is 45.3 Å². The van der Waals surface area contributed by atoms with Crippen LogP contribution < -0.4 is 29.3 Å². The van der Waals surface area contributed by atoms with Crippen LogP contribution in [0.1, 0.15) is 125 Å². The van der Waals surface area contributed by atoms with Gasteiger partial charge < -0.3 is 28.4 Å². The number of hydrogen-bond donors (Lipinski definition) is 0. The van der Waals surface area contributed by atoms with Gasteiger partial charge in [-0.25, -0.2) is 8.78 Å². The summed E-state index contributed by atoms with van der Waals surface area (Å²) in [5.41, 5.74) is 6.38. The Morgan fingerprint density at radius 2 is 0.776 bits per heavy atom. The van der Waals surface area contributed by atoms with E-state index in [2.05, 4.69) is 133 Å². The average Bonchev–Trinajstić information content (AvgIpc) is 3.16. The lowest BCUT2D eigenvalue weighted by atomic mass is 9.72. The van der Waals surface area contributed by atoms with Crippen molar-refractivity contribution in [2.75, 3.05) is 40.0 Å². The molecule has 0 atom stereocenters. The molecule has 0 heterocycles. The Labute approximate surface area is 406 Å². The van der Waals surface area contributed by atoms with E-state index in [4.69, 9.17) is 28.4 Å². The Balaban J connectivity index is 1.80. The van der Waals surface area contributed by atoms with Crippen molar-refractivity contribution in [3.05, 3.63) is 82.4 Å². The van der Waals surface area contributed by atoms with Gasteiger partial charge in [0.05, 0.1) is 29.4 Å². The third-order valence-corrected chi connectivity index (χ3v) is 16.1. The monoisotopic (exact) mass is 961 g/mol. The minimum Gasteiger partial charge on any atom is -0.493 e. The van der Waals surface area contributed by atoms with E-state index in [9.17, 15) is 0 Å². The Morgan fingerprint density at radius 1 is 0.448 bits per heavy atom. The summed E-state index contributed by atoms with van der Waals surface area (Å²) in [7, 11) is -4.07. The third kappa shape index (κ3) is 15.1. The fourth-order valence-corrected chi connectivity index (χ4v) is 12.7. The highest BCUT2D eigenvalue weighted by molar-refractivity contribution is 6.90. The minimum atomic E-state index is -2.04. The predicted molar refractivity (Wildman–Crippen MR) is 283 cm³/mol. The maximum atomic E-state index is 15.7. The van der Waals surface area contributed by atoms with E-state index in [1.54, 1.807) is 12.1 Å². The lowest BCUT2D eigenvalue weighted by Gasteiger charge is -2.35. The van der Waals surface area contributed by atoms with Crippen molar-refractivity contribution in [2.45, 2.75) is 166 Å². The van der Waals surface area contributed by atoms with E-state index in [-0.39, 0.29) is 46.9 Å². The maximum absolute atomic E-state index is 15.7. The van der Waals surface area contributed by atoms with Gasteiger partial charge in [-0.3, -0.25) is 0 Å². The second-order valence-electron chi connectivity index (χ2n) is 24.3. The van der Waals surface area contributed by atoms with Crippen molar-refractivity contribution in [1.29, 1.82) is 0 Å². The van der Waals surface area contributed by atoms with Gasteiger partial charge in [0.1, 0.15) is 34.6 Å². The van der Waals surface area contributed by atoms with Gasteiger partial charge in [-0.1, -0.05) is 121 Å². The zero-order valence-electron chi connectivity index (χ0n) is 45.2. The van der Waals surface area contributed by atoms with E-state index < -0.39 is 16.1 Å². The number of ether oxygens (including phenoxy) is 6. The average molecular weight is 961 g/mol. The Hall–Kier alpha value is -3.71. The molecule has 10 heteroatoms. The summed E-state index contributed by atoms with van der Waals surface area (Å²) < 4.78 is 69.3. The van der Waals surface area contributed by atoms with Crippen molar-refractivity contribution in [1.82, 2.24) is 0 Å². The molecule has 0 unspecified atom stereocenters. The molecule has 0 amide bonds. The molecule has 6 nitrogen and oxygen atoms in total. The molecule has 0 aliphatic carbocycles. The van der Waals surface area contributed by atoms with Gasteiger partial charge in [-0.15, -0.1) is 0 Å². The SMILES string of the molecule is CCOCOc1c(-c2cc(F)cc(C)c2OCCCOc2c(C)cc(F)cc2-c2cc(C(C)(C)CC(C)(C)C)cc([Si](C)(C)C)c2OCOCC)cc(C(C)(C)CC(C)(C)C)cc1[Si](C)(C)C. The van der Waals surface area contributed by atoms with Crippen molar-refractivity contribution in [2.24, 2.45) is 10.8 Å². The molecule has 0 bridgehead atoms. The fourth-order valence-electron chi connectivity index (χ4n) is 9.74. The third-order valence-electron chi connectivity index (χ3n) is 12.1. The van der Waals surface area contributed by atoms with E-state index in [0.29, 0.717) is 78.1 Å². The van der Waals surface area contributed by atoms with E-state index in [1.165, 1.54) is 23.3 Å². The molecule has 4 aromatic rings. The summed E-state index contributed by atoms with van der Waals surface area (Å²) in [5, 5.41) is 2.31. The highest BCUT2D eigenvalue weighted by Crippen LogP contribution is 2.46. The molecular formula is C57H86F2O6Si2. The number of aryl methyl sites for hydroxylation is 2. The van der Waals surface area contributed by atoms with Crippen molar-refractivity contribution in [3.63, 3.8) is 0 Å². The molecule has 67 heavy (non-hydrogen) atoms. The number of hydrogen-bond acceptors (Lipinski definition) is 6. The van der Waals surface area contributed by atoms with Crippen molar-refractivity contribution < 1.29 is 37.2 Å². The summed E-state index contributed by atoms with van der Waals surface area (Å²) in [5.74, 6) is 1.93. The zero-order valence-corrected chi connectivity index (χ0v) is 47.2. The molecule has 0 saturated carbocycles. The van der Waals surface area contributed by atoms with Crippen LogP contribution in [0, 0.1) is 36.3 Å². The van der Waals surface area contributed by atoms with E-state index in [1.807, 2.05) is 27.7 Å². The smallest absolute Gasteiger partial charge is 0.189 e. The summed E-state index contributed by atoms with van der Waals surface area (Å²) in [6.45, 7) is 46.1. The van der Waals surface area contributed by atoms with Gasteiger partial charge in [0, 0.05) is 41.9 Å². The highest BCUT2D eigenvalue weighted by atomic mass is 28.3.